The molecule has 0 aromatic heterocycles. The minimum atomic E-state index is 0.792. The number of hydrogen-bond donors (Lipinski definition) is 0. The maximum absolute atomic E-state index is 2.74. The molecule has 0 radical (unpaired) electrons. The smallest absolute Gasteiger partial charge is 0.00925 e. The quantitative estimate of drug-likeness (QED) is 0.648. The van der Waals surface area contributed by atoms with E-state index in [-0.39, 0.29) is 0 Å². The number of rotatable bonds is 6. The highest BCUT2D eigenvalue weighted by atomic mass is 15.1. The molecule has 1 saturated heterocycles. The highest BCUT2D eigenvalue weighted by molar-refractivity contribution is 4.75. The van der Waals surface area contributed by atoms with Gasteiger partial charge in [0.05, 0.1) is 0 Å². The van der Waals surface area contributed by atoms with Crippen molar-refractivity contribution in [2.24, 2.45) is 11.8 Å². The van der Waals surface area contributed by atoms with Gasteiger partial charge in [-0.2, -0.15) is 0 Å². The molecule has 1 aliphatic heterocycles. The van der Waals surface area contributed by atoms with Crippen molar-refractivity contribution in [1.29, 1.82) is 0 Å². The SMILES string of the molecule is CC(C)CCCC(C)C(C)N1CCCCCC1. The number of likely N-dealkylation sites (tertiary alicyclic amines) is 1. The van der Waals surface area contributed by atoms with E-state index in [0.29, 0.717) is 0 Å². The van der Waals surface area contributed by atoms with Crippen LogP contribution in [0.3, 0.4) is 0 Å². The van der Waals surface area contributed by atoms with Gasteiger partial charge in [0.25, 0.3) is 0 Å². The van der Waals surface area contributed by atoms with Gasteiger partial charge in [-0.3, -0.25) is 0 Å². The third-order valence-electron chi connectivity index (χ3n) is 4.48. The Morgan fingerprint density at radius 3 is 1.94 bits per heavy atom. The van der Waals surface area contributed by atoms with Gasteiger partial charge in [0.15, 0.2) is 0 Å². The molecule has 0 aromatic carbocycles. The topological polar surface area (TPSA) is 3.24 Å². The number of hydrogen-bond acceptors (Lipinski definition) is 1. The first kappa shape index (κ1) is 15.0. The number of nitrogens with zero attached hydrogens (tertiary/aromatic N) is 1. The third-order valence-corrected chi connectivity index (χ3v) is 4.48. The van der Waals surface area contributed by atoms with Crippen LogP contribution in [0.15, 0.2) is 0 Å². The molecular formula is C16H33N. The molecule has 0 N–H and O–H groups in total. The minimum Gasteiger partial charge on any atom is -0.300 e. The van der Waals surface area contributed by atoms with Crippen LogP contribution in [0.4, 0.5) is 0 Å². The van der Waals surface area contributed by atoms with Gasteiger partial charge in [0.1, 0.15) is 0 Å². The Kier molecular flexibility index (Phi) is 7.18. The predicted octanol–water partition coefficient (Wildman–Crippen LogP) is 4.71. The van der Waals surface area contributed by atoms with E-state index in [4.69, 9.17) is 0 Å². The second-order valence-electron chi connectivity index (χ2n) is 6.49. The summed E-state index contributed by atoms with van der Waals surface area (Å²) in [6, 6.07) is 0.792. The Hall–Kier alpha value is -0.0400. The summed E-state index contributed by atoms with van der Waals surface area (Å²) in [7, 11) is 0. The lowest BCUT2D eigenvalue weighted by atomic mass is 9.93. The van der Waals surface area contributed by atoms with Crippen LogP contribution in [-0.4, -0.2) is 24.0 Å². The lowest BCUT2D eigenvalue weighted by Gasteiger charge is -2.32. The largest absolute Gasteiger partial charge is 0.300 e. The summed E-state index contributed by atoms with van der Waals surface area (Å²) in [4.78, 5) is 2.74. The maximum Gasteiger partial charge on any atom is 0.00925 e. The average molecular weight is 239 g/mol. The molecule has 1 heteroatoms. The van der Waals surface area contributed by atoms with Gasteiger partial charge in [-0.15, -0.1) is 0 Å². The molecule has 1 aliphatic rings. The van der Waals surface area contributed by atoms with Crippen molar-refractivity contribution < 1.29 is 0 Å². The predicted molar refractivity (Wildman–Crippen MR) is 77.4 cm³/mol. The van der Waals surface area contributed by atoms with Gasteiger partial charge in [0.2, 0.25) is 0 Å². The van der Waals surface area contributed by atoms with Gasteiger partial charge >= 0.3 is 0 Å². The standard InChI is InChI=1S/C16H33N/c1-14(2)10-9-11-15(3)16(4)17-12-7-5-6-8-13-17/h14-16H,5-13H2,1-4H3. The summed E-state index contributed by atoms with van der Waals surface area (Å²) >= 11 is 0. The van der Waals surface area contributed by atoms with E-state index in [2.05, 4.69) is 32.6 Å². The van der Waals surface area contributed by atoms with Gasteiger partial charge in [-0.25, -0.2) is 0 Å². The Balaban J connectivity index is 2.26. The van der Waals surface area contributed by atoms with Crippen molar-refractivity contribution in [3.8, 4) is 0 Å². The molecule has 1 rings (SSSR count). The zero-order chi connectivity index (χ0) is 12.7. The van der Waals surface area contributed by atoms with Crippen LogP contribution in [0.2, 0.25) is 0 Å². The van der Waals surface area contributed by atoms with Crippen molar-refractivity contribution in [3.63, 3.8) is 0 Å². The zero-order valence-corrected chi connectivity index (χ0v) is 12.5. The second kappa shape index (κ2) is 8.13. The average Bonchev–Trinajstić information content (AvgIpc) is 2.55. The van der Waals surface area contributed by atoms with Crippen LogP contribution in [0.25, 0.3) is 0 Å². The molecule has 102 valence electrons. The first-order valence-corrected chi connectivity index (χ1v) is 7.85. The molecule has 0 spiro atoms. The van der Waals surface area contributed by atoms with Gasteiger partial charge in [-0.1, -0.05) is 46.5 Å². The molecule has 0 amide bonds. The van der Waals surface area contributed by atoms with E-state index < -0.39 is 0 Å². The van der Waals surface area contributed by atoms with Gasteiger partial charge in [-0.05, 0) is 51.1 Å². The van der Waals surface area contributed by atoms with Gasteiger partial charge < -0.3 is 4.90 Å². The Labute approximate surface area is 109 Å². The van der Waals surface area contributed by atoms with E-state index in [9.17, 15) is 0 Å². The maximum atomic E-state index is 2.74. The summed E-state index contributed by atoms with van der Waals surface area (Å²) < 4.78 is 0. The van der Waals surface area contributed by atoms with Gasteiger partial charge in [0, 0.05) is 6.04 Å². The Morgan fingerprint density at radius 1 is 0.824 bits per heavy atom. The van der Waals surface area contributed by atoms with Crippen LogP contribution in [0.1, 0.15) is 72.6 Å². The fraction of sp³-hybridized carbons (Fsp3) is 1.00. The highest BCUT2D eigenvalue weighted by Crippen LogP contribution is 2.21. The van der Waals surface area contributed by atoms with Crippen molar-refractivity contribution in [3.05, 3.63) is 0 Å². The van der Waals surface area contributed by atoms with Crippen LogP contribution < -0.4 is 0 Å². The normalized spacial score (nSPS) is 22.4. The van der Waals surface area contributed by atoms with Crippen LogP contribution in [0, 0.1) is 11.8 Å². The molecule has 2 unspecified atom stereocenters. The summed E-state index contributed by atoms with van der Waals surface area (Å²) in [5.74, 6) is 1.74. The molecule has 17 heavy (non-hydrogen) atoms. The summed E-state index contributed by atoms with van der Waals surface area (Å²) in [5.41, 5.74) is 0. The molecule has 1 nitrogen and oxygen atoms in total. The first-order valence-electron chi connectivity index (χ1n) is 7.85. The molecular weight excluding hydrogens is 206 g/mol. The van der Waals surface area contributed by atoms with E-state index >= 15 is 0 Å². The lowest BCUT2D eigenvalue weighted by molar-refractivity contribution is 0.159. The molecule has 0 saturated carbocycles. The molecule has 1 fully saturated rings. The van der Waals surface area contributed by atoms with Crippen LogP contribution in [0.5, 0.6) is 0 Å². The van der Waals surface area contributed by atoms with E-state index in [1.54, 1.807) is 0 Å². The van der Waals surface area contributed by atoms with E-state index in [1.165, 1.54) is 58.0 Å². The monoisotopic (exact) mass is 239 g/mol. The van der Waals surface area contributed by atoms with Crippen LogP contribution in [-0.2, 0) is 0 Å². The fourth-order valence-electron chi connectivity index (χ4n) is 2.95. The first-order chi connectivity index (χ1) is 8.11. The summed E-state index contributed by atoms with van der Waals surface area (Å²) in [6.45, 7) is 12.3. The minimum absolute atomic E-state index is 0.792. The highest BCUT2D eigenvalue weighted by Gasteiger charge is 2.20. The van der Waals surface area contributed by atoms with Crippen molar-refractivity contribution in [1.82, 2.24) is 4.90 Å². The van der Waals surface area contributed by atoms with E-state index in [0.717, 1.165) is 17.9 Å². The second-order valence-corrected chi connectivity index (χ2v) is 6.49. The summed E-state index contributed by atoms with van der Waals surface area (Å²) in [6.07, 6.45) is 9.96. The van der Waals surface area contributed by atoms with Crippen molar-refractivity contribution >= 4 is 0 Å². The Morgan fingerprint density at radius 2 is 1.41 bits per heavy atom. The van der Waals surface area contributed by atoms with Crippen LogP contribution >= 0.6 is 0 Å². The molecule has 0 bridgehead atoms. The third kappa shape index (κ3) is 5.90. The van der Waals surface area contributed by atoms with E-state index in [1.807, 2.05) is 0 Å². The zero-order valence-electron chi connectivity index (χ0n) is 12.5. The fourth-order valence-corrected chi connectivity index (χ4v) is 2.95. The molecule has 0 aliphatic carbocycles. The molecule has 2 atom stereocenters. The molecule has 0 aromatic rings. The Bertz CT molecular complexity index is 180. The molecule has 1 heterocycles. The lowest BCUT2D eigenvalue weighted by Crippen LogP contribution is -2.38. The van der Waals surface area contributed by atoms with Crippen molar-refractivity contribution in [2.75, 3.05) is 13.1 Å². The summed E-state index contributed by atoms with van der Waals surface area (Å²) in [5, 5.41) is 0. The van der Waals surface area contributed by atoms with Crippen molar-refractivity contribution in [2.45, 2.75) is 78.7 Å².